The van der Waals surface area contributed by atoms with E-state index < -0.39 is 0 Å². The summed E-state index contributed by atoms with van der Waals surface area (Å²) in [5, 5.41) is 3.35. The van der Waals surface area contributed by atoms with Gasteiger partial charge in [0.1, 0.15) is 0 Å². The molecule has 0 spiro atoms. The zero-order valence-corrected chi connectivity index (χ0v) is 10.2. The summed E-state index contributed by atoms with van der Waals surface area (Å²) in [5.41, 5.74) is 0. The minimum Gasteiger partial charge on any atom is -0.380 e. The molecule has 1 fully saturated rings. The summed E-state index contributed by atoms with van der Waals surface area (Å²) in [5.74, 6) is 3.64. The van der Waals surface area contributed by atoms with E-state index in [2.05, 4.69) is 24.0 Å². The number of ether oxygens (including phenoxy) is 1. The SMILES string of the molecule is CCOCC(CC1CCSCC1)NC. The second-order valence-corrected chi connectivity index (χ2v) is 5.16. The Balaban J connectivity index is 2.16. The van der Waals surface area contributed by atoms with Gasteiger partial charge in [-0.2, -0.15) is 11.8 Å². The first kappa shape index (κ1) is 12.3. The summed E-state index contributed by atoms with van der Waals surface area (Å²) in [6, 6.07) is 0.558. The van der Waals surface area contributed by atoms with Crippen LogP contribution in [0.1, 0.15) is 26.2 Å². The quantitative estimate of drug-likeness (QED) is 0.736. The van der Waals surface area contributed by atoms with Crippen LogP contribution in [0.4, 0.5) is 0 Å². The van der Waals surface area contributed by atoms with E-state index in [-0.39, 0.29) is 0 Å². The van der Waals surface area contributed by atoms with Crippen molar-refractivity contribution in [3.8, 4) is 0 Å². The van der Waals surface area contributed by atoms with Gasteiger partial charge in [-0.15, -0.1) is 0 Å². The number of nitrogens with one attached hydrogen (secondary N) is 1. The molecule has 1 aliphatic rings. The molecule has 2 nitrogen and oxygen atoms in total. The molecule has 0 amide bonds. The minimum absolute atomic E-state index is 0.558. The van der Waals surface area contributed by atoms with Crippen molar-refractivity contribution in [2.45, 2.75) is 32.2 Å². The molecule has 0 radical (unpaired) electrons. The highest BCUT2D eigenvalue weighted by atomic mass is 32.2. The third-order valence-corrected chi connectivity index (χ3v) is 3.94. The van der Waals surface area contributed by atoms with Crippen LogP contribution in [0.5, 0.6) is 0 Å². The highest BCUT2D eigenvalue weighted by Crippen LogP contribution is 2.26. The summed E-state index contributed by atoms with van der Waals surface area (Å²) >= 11 is 2.10. The maximum absolute atomic E-state index is 5.46. The largest absolute Gasteiger partial charge is 0.380 e. The van der Waals surface area contributed by atoms with E-state index >= 15 is 0 Å². The van der Waals surface area contributed by atoms with E-state index in [1.807, 2.05) is 7.05 Å². The molecule has 0 bridgehead atoms. The van der Waals surface area contributed by atoms with Crippen molar-refractivity contribution in [2.24, 2.45) is 5.92 Å². The Kier molecular flexibility index (Phi) is 6.65. The Morgan fingerprint density at radius 1 is 1.43 bits per heavy atom. The minimum atomic E-state index is 0.558. The summed E-state index contributed by atoms with van der Waals surface area (Å²) in [7, 11) is 2.04. The van der Waals surface area contributed by atoms with E-state index in [1.54, 1.807) is 0 Å². The normalized spacial score (nSPS) is 21.0. The van der Waals surface area contributed by atoms with Crippen LogP contribution >= 0.6 is 11.8 Å². The first-order valence-corrected chi connectivity index (χ1v) is 6.85. The summed E-state index contributed by atoms with van der Waals surface area (Å²) in [6.07, 6.45) is 4.08. The lowest BCUT2D eigenvalue weighted by atomic mass is 9.94. The summed E-state index contributed by atoms with van der Waals surface area (Å²) in [4.78, 5) is 0. The molecular formula is C11H23NOS. The average molecular weight is 217 g/mol. The third kappa shape index (κ3) is 4.67. The van der Waals surface area contributed by atoms with Gasteiger partial charge >= 0.3 is 0 Å². The Hall–Kier alpha value is 0.270. The van der Waals surface area contributed by atoms with Crippen molar-refractivity contribution in [3.05, 3.63) is 0 Å². The fourth-order valence-corrected chi connectivity index (χ4v) is 3.12. The third-order valence-electron chi connectivity index (χ3n) is 2.89. The van der Waals surface area contributed by atoms with Crippen molar-refractivity contribution in [2.75, 3.05) is 31.8 Å². The van der Waals surface area contributed by atoms with Gasteiger partial charge in [-0.25, -0.2) is 0 Å². The van der Waals surface area contributed by atoms with Crippen LogP contribution in [-0.4, -0.2) is 37.8 Å². The summed E-state index contributed by atoms with van der Waals surface area (Å²) < 4.78 is 5.46. The van der Waals surface area contributed by atoms with Gasteiger partial charge in [0.05, 0.1) is 6.61 Å². The van der Waals surface area contributed by atoms with E-state index in [1.165, 1.54) is 30.8 Å². The number of rotatable bonds is 6. The van der Waals surface area contributed by atoms with Crippen LogP contribution in [0.3, 0.4) is 0 Å². The van der Waals surface area contributed by atoms with Crippen molar-refractivity contribution in [1.82, 2.24) is 5.32 Å². The Labute approximate surface area is 92.2 Å². The molecule has 3 heteroatoms. The average Bonchev–Trinajstić information content (AvgIpc) is 2.25. The second kappa shape index (κ2) is 7.55. The zero-order chi connectivity index (χ0) is 10.2. The first-order chi connectivity index (χ1) is 6.86. The molecule has 0 aromatic rings. The molecule has 84 valence electrons. The first-order valence-electron chi connectivity index (χ1n) is 5.69. The highest BCUT2D eigenvalue weighted by molar-refractivity contribution is 7.99. The van der Waals surface area contributed by atoms with Gasteiger partial charge < -0.3 is 10.1 Å². The van der Waals surface area contributed by atoms with Crippen molar-refractivity contribution < 1.29 is 4.74 Å². The molecule has 1 unspecified atom stereocenters. The molecule has 14 heavy (non-hydrogen) atoms. The maximum atomic E-state index is 5.46. The summed E-state index contributed by atoms with van der Waals surface area (Å²) in [6.45, 7) is 3.76. The molecule has 0 aliphatic carbocycles. The smallest absolute Gasteiger partial charge is 0.0619 e. The van der Waals surface area contributed by atoms with Crippen molar-refractivity contribution in [3.63, 3.8) is 0 Å². The second-order valence-electron chi connectivity index (χ2n) is 3.94. The molecule has 1 rings (SSSR count). The zero-order valence-electron chi connectivity index (χ0n) is 9.42. The molecule has 1 aliphatic heterocycles. The van der Waals surface area contributed by atoms with Crippen LogP contribution < -0.4 is 5.32 Å². The van der Waals surface area contributed by atoms with E-state index in [0.29, 0.717) is 6.04 Å². The Morgan fingerprint density at radius 2 is 2.14 bits per heavy atom. The molecule has 0 saturated carbocycles. The number of likely N-dealkylation sites (N-methyl/N-ethyl adjacent to an activating group) is 1. The molecule has 0 aromatic heterocycles. The van der Waals surface area contributed by atoms with Crippen LogP contribution in [0, 0.1) is 5.92 Å². The van der Waals surface area contributed by atoms with Crippen LogP contribution in [0.15, 0.2) is 0 Å². The maximum Gasteiger partial charge on any atom is 0.0619 e. The number of hydrogen-bond donors (Lipinski definition) is 1. The monoisotopic (exact) mass is 217 g/mol. The molecule has 1 heterocycles. The Morgan fingerprint density at radius 3 is 2.71 bits per heavy atom. The van der Waals surface area contributed by atoms with Gasteiger partial charge in [0, 0.05) is 12.6 Å². The van der Waals surface area contributed by atoms with E-state index in [4.69, 9.17) is 4.74 Å². The van der Waals surface area contributed by atoms with E-state index in [9.17, 15) is 0 Å². The van der Waals surface area contributed by atoms with Gasteiger partial charge in [-0.05, 0) is 50.7 Å². The highest BCUT2D eigenvalue weighted by Gasteiger charge is 2.17. The van der Waals surface area contributed by atoms with Crippen LogP contribution in [-0.2, 0) is 4.74 Å². The lowest BCUT2D eigenvalue weighted by molar-refractivity contribution is 0.116. The topological polar surface area (TPSA) is 21.3 Å². The number of thioether (sulfide) groups is 1. The van der Waals surface area contributed by atoms with Crippen molar-refractivity contribution >= 4 is 11.8 Å². The van der Waals surface area contributed by atoms with E-state index in [0.717, 1.165) is 19.1 Å². The molecule has 1 N–H and O–H groups in total. The van der Waals surface area contributed by atoms with Gasteiger partial charge in [0.25, 0.3) is 0 Å². The fraction of sp³-hybridized carbons (Fsp3) is 1.00. The van der Waals surface area contributed by atoms with Crippen molar-refractivity contribution in [1.29, 1.82) is 0 Å². The van der Waals surface area contributed by atoms with Gasteiger partial charge in [-0.1, -0.05) is 0 Å². The van der Waals surface area contributed by atoms with Crippen LogP contribution in [0.2, 0.25) is 0 Å². The molecular weight excluding hydrogens is 194 g/mol. The van der Waals surface area contributed by atoms with Gasteiger partial charge in [0.15, 0.2) is 0 Å². The lowest BCUT2D eigenvalue weighted by Crippen LogP contribution is -2.33. The Bertz CT molecular complexity index is 137. The molecule has 0 aromatic carbocycles. The van der Waals surface area contributed by atoms with Gasteiger partial charge in [-0.3, -0.25) is 0 Å². The molecule has 1 saturated heterocycles. The standard InChI is InChI=1S/C11H23NOS/c1-3-13-9-11(12-2)8-10-4-6-14-7-5-10/h10-12H,3-9H2,1-2H3. The number of hydrogen-bond acceptors (Lipinski definition) is 3. The van der Waals surface area contributed by atoms with Gasteiger partial charge in [0.2, 0.25) is 0 Å². The predicted octanol–water partition coefficient (Wildman–Crippen LogP) is 2.14. The van der Waals surface area contributed by atoms with Crippen LogP contribution in [0.25, 0.3) is 0 Å². The lowest BCUT2D eigenvalue weighted by Gasteiger charge is -2.25. The predicted molar refractivity (Wildman–Crippen MR) is 64.0 cm³/mol. The molecule has 1 atom stereocenters. The fourth-order valence-electron chi connectivity index (χ4n) is 1.91.